The van der Waals surface area contributed by atoms with Crippen molar-refractivity contribution in [2.75, 3.05) is 6.61 Å². The van der Waals surface area contributed by atoms with E-state index >= 15 is 0 Å². The lowest BCUT2D eigenvalue weighted by Crippen LogP contribution is -2.09. The SMILES string of the molecule is C=C(C)COc1cc(F)ccc1C(C)N. The Morgan fingerprint density at radius 2 is 2.27 bits per heavy atom. The molecule has 1 atom stereocenters. The predicted octanol–water partition coefficient (Wildman–Crippen LogP) is 2.80. The first kappa shape index (κ1) is 11.7. The number of hydrogen-bond donors (Lipinski definition) is 1. The highest BCUT2D eigenvalue weighted by atomic mass is 19.1. The highest BCUT2D eigenvalue weighted by molar-refractivity contribution is 5.36. The van der Waals surface area contributed by atoms with E-state index in [1.807, 2.05) is 13.8 Å². The second kappa shape index (κ2) is 4.94. The first-order chi connectivity index (χ1) is 7.00. The van der Waals surface area contributed by atoms with E-state index in [0.29, 0.717) is 12.4 Å². The van der Waals surface area contributed by atoms with Gasteiger partial charge in [-0.3, -0.25) is 0 Å². The second-order valence-corrected chi connectivity index (χ2v) is 3.72. The molecule has 0 saturated heterocycles. The largest absolute Gasteiger partial charge is 0.489 e. The molecule has 0 fully saturated rings. The lowest BCUT2D eigenvalue weighted by Gasteiger charge is -2.13. The first-order valence-electron chi connectivity index (χ1n) is 4.83. The quantitative estimate of drug-likeness (QED) is 0.774. The van der Waals surface area contributed by atoms with Crippen molar-refractivity contribution in [3.8, 4) is 5.75 Å². The van der Waals surface area contributed by atoms with E-state index in [-0.39, 0.29) is 11.9 Å². The van der Waals surface area contributed by atoms with E-state index in [1.54, 1.807) is 6.07 Å². The Morgan fingerprint density at radius 3 is 2.80 bits per heavy atom. The minimum atomic E-state index is -0.323. The van der Waals surface area contributed by atoms with Crippen LogP contribution in [0.5, 0.6) is 5.75 Å². The van der Waals surface area contributed by atoms with Crippen molar-refractivity contribution in [3.63, 3.8) is 0 Å². The summed E-state index contributed by atoms with van der Waals surface area (Å²) in [5.74, 6) is 0.170. The van der Waals surface area contributed by atoms with Crippen LogP contribution in [0.2, 0.25) is 0 Å². The summed E-state index contributed by atoms with van der Waals surface area (Å²) >= 11 is 0. The highest BCUT2D eigenvalue weighted by Gasteiger charge is 2.09. The van der Waals surface area contributed by atoms with Crippen molar-refractivity contribution in [2.45, 2.75) is 19.9 Å². The maximum Gasteiger partial charge on any atom is 0.127 e. The minimum absolute atomic E-state index is 0.175. The Labute approximate surface area is 89.6 Å². The minimum Gasteiger partial charge on any atom is -0.489 e. The van der Waals surface area contributed by atoms with Crippen molar-refractivity contribution in [1.29, 1.82) is 0 Å². The summed E-state index contributed by atoms with van der Waals surface area (Å²) in [5, 5.41) is 0. The summed E-state index contributed by atoms with van der Waals surface area (Å²) in [6.07, 6.45) is 0. The predicted molar refractivity (Wildman–Crippen MR) is 59.3 cm³/mol. The standard InChI is InChI=1S/C12H16FNO/c1-8(2)7-15-12-6-10(13)4-5-11(12)9(3)14/h4-6,9H,1,7,14H2,2-3H3. The van der Waals surface area contributed by atoms with Crippen molar-refractivity contribution in [1.82, 2.24) is 0 Å². The molecule has 0 bridgehead atoms. The molecule has 0 aliphatic heterocycles. The van der Waals surface area contributed by atoms with Gasteiger partial charge in [-0.2, -0.15) is 0 Å². The Morgan fingerprint density at radius 1 is 1.60 bits per heavy atom. The molecule has 2 nitrogen and oxygen atoms in total. The van der Waals surface area contributed by atoms with Gasteiger partial charge in [0.2, 0.25) is 0 Å². The molecule has 0 aliphatic carbocycles. The first-order valence-corrected chi connectivity index (χ1v) is 4.83. The van der Waals surface area contributed by atoms with Gasteiger partial charge < -0.3 is 10.5 Å². The summed E-state index contributed by atoms with van der Waals surface area (Å²) in [6, 6.07) is 4.20. The molecule has 15 heavy (non-hydrogen) atoms. The van der Waals surface area contributed by atoms with Gasteiger partial charge in [0.15, 0.2) is 0 Å². The number of halogens is 1. The number of benzene rings is 1. The van der Waals surface area contributed by atoms with Crippen molar-refractivity contribution >= 4 is 0 Å². The summed E-state index contributed by atoms with van der Waals surface area (Å²) in [4.78, 5) is 0. The van der Waals surface area contributed by atoms with Gasteiger partial charge in [-0.15, -0.1) is 0 Å². The molecule has 0 radical (unpaired) electrons. The van der Waals surface area contributed by atoms with E-state index < -0.39 is 0 Å². The molecular formula is C12H16FNO. The molecule has 0 aliphatic rings. The van der Waals surface area contributed by atoms with Gasteiger partial charge in [-0.25, -0.2) is 4.39 Å². The van der Waals surface area contributed by atoms with E-state index in [2.05, 4.69) is 6.58 Å². The van der Waals surface area contributed by atoms with Crippen LogP contribution in [0.25, 0.3) is 0 Å². The molecule has 2 N–H and O–H groups in total. The molecule has 0 amide bonds. The molecule has 0 heterocycles. The van der Waals surface area contributed by atoms with Crippen LogP contribution < -0.4 is 10.5 Å². The highest BCUT2D eigenvalue weighted by Crippen LogP contribution is 2.25. The van der Waals surface area contributed by atoms with Crippen molar-refractivity contribution in [3.05, 3.63) is 41.7 Å². The average Bonchev–Trinajstić information content (AvgIpc) is 2.14. The molecule has 0 spiro atoms. The van der Waals surface area contributed by atoms with Crippen LogP contribution in [0.4, 0.5) is 4.39 Å². The Kier molecular flexibility index (Phi) is 3.86. The molecule has 1 aromatic carbocycles. The van der Waals surface area contributed by atoms with Crippen LogP contribution in [-0.4, -0.2) is 6.61 Å². The molecule has 3 heteroatoms. The smallest absolute Gasteiger partial charge is 0.127 e. The third kappa shape index (κ3) is 3.36. The zero-order chi connectivity index (χ0) is 11.4. The topological polar surface area (TPSA) is 35.2 Å². The van der Waals surface area contributed by atoms with E-state index in [4.69, 9.17) is 10.5 Å². The van der Waals surface area contributed by atoms with Crippen LogP contribution >= 0.6 is 0 Å². The van der Waals surface area contributed by atoms with E-state index in [9.17, 15) is 4.39 Å². The fourth-order valence-corrected chi connectivity index (χ4v) is 1.21. The molecule has 1 unspecified atom stereocenters. The fourth-order valence-electron chi connectivity index (χ4n) is 1.21. The van der Waals surface area contributed by atoms with Crippen LogP contribution in [-0.2, 0) is 0 Å². The normalized spacial score (nSPS) is 12.3. The van der Waals surface area contributed by atoms with Gasteiger partial charge in [0.25, 0.3) is 0 Å². The number of nitrogens with two attached hydrogens (primary N) is 1. The average molecular weight is 209 g/mol. The van der Waals surface area contributed by atoms with Gasteiger partial charge >= 0.3 is 0 Å². The molecule has 0 aromatic heterocycles. The third-order valence-corrected chi connectivity index (χ3v) is 1.94. The summed E-state index contributed by atoms with van der Waals surface area (Å²) in [7, 11) is 0. The van der Waals surface area contributed by atoms with Gasteiger partial charge in [0.05, 0.1) is 0 Å². The fraction of sp³-hybridized carbons (Fsp3) is 0.333. The van der Waals surface area contributed by atoms with Crippen molar-refractivity contribution in [2.24, 2.45) is 5.73 Å². The number of rotatable bonds is 4. The second-order valence-electron chi connectivity index (χ2n) is 3.72. The summed E-state index contributed by atoms with van der Waals surface area (Å²) in [5.41, 5.74) is 7.43. The lowest BCUT2D eigenvalue weighted by atomic mass is 10.1. The maximum atomic E-state index is 13.0. The van der Waals surface area contributed by atoms with Crippen LogP contribution in [0.3, 0.4) is 0 Å². The maximum absolute atomic E-state index is 13.0. The molecule has 82 valence electrons. The summed E-state index contributed by atoms with van der Waals surface area (Å²) in [6.45, 7) is 7.78. The number of ether oxygens (including phenoxy) is 1. The molecular weight excluding hydrogens is 193 g/mol. The van der Waals surface area contributed by atoms with Gasteiger partial charge in [0, 0.05) is 17.7 Å². The number of hydrogen-bond acceptors (Lipinski definition) is 2. The lowest BCUT2D eigenvalue weighted by molar-refractivity contribution is 0.344. The van der Waals surface area contributed by atoms with Gasteiger partial charge in [-0.05, 0) is 25.5 Å². The zero-order valence-electron chi connectivity index (χ0n) is 9.09. The van der Waals surface area contributed by atoms with Gasteiger partial charge in [-0.1, -0.05) is 12.6 Å². The van der Waals surface area contributed by atoms with E-state index in [0.717, 1.165) is 11.1 Å². The van der Waals surface area contributed by atoms with Crippen LogP contribution in [0, 0.1) is 5.82 Å². The Bertz CT molecular complexity index is 361. The molecule has 1 rings (SSSR count). The third-order valence-electron chi connectivity index (χ3n) is 1.94. The molecule has 0 saturated carbocycles. The Hall–Kier alpha value is -1.35. The van der Waals surface area contributed by atoms with Crippen LogP contribution in [0.15, 0.2) is 30.4 Å². The van der Waals surface area contributed by atoms with Crippen LogP contribution in [0.1, 0.15) is 25.5 Å². The van der Waals surface area contributed by atoms with E-state index in [1.165, 1.54) is 12.1 Å². The molecule has 1 aromatic rings. The Balaban J connectivity index is 2.91. The van der Waals surface area contributed by atoms with Gasteiger partial charge in [0.1, 0.15) is 18.2 Å². The monoisotopic (exact) mass is 209 g/mol. The van der Waals surface area contributed by atoms with Crippen molar-refractivity contribution < 1.29 is 9.13 Å². The summed E-state index contributed by atoms with van der Waals surface area (Å²) < 4.78 is 18.4. The zero-order valence-corrected chi connectivity index (χ0v) is 9.09.